The highest BCUT2D eigenvalue weighted by atomic mass is 127. The molecule has 11 heteroatoms. The van der Waals surface area contributed by atoms with Crippen molar-refractivity contribution in [3.05, 3.63) is 0 Å². The van der Waals surface area contributed by atoms with Crippen LogP contribution in [-0.4, -0.2) is 87.6 Å². The van der Waals surface area contributed by atoms with Crippen LogP contribution in [0.4, 0.5) is 8.78 Å². The van der Waals surface area contributed by atoms with Gasteiger partial charge in [0.2, 0.25) is 10.0 Å². The first-order valence-corrected chi connectivity index (χ1v) is 11.0. The number of hydrogen-bond acceptors (Lipinski definition) is 4. The van der Waals surface area contributed by atoms with Crippen molar-refractivity contribution in [3.63, 3.8) is 0 Å². The first-order chi connectivity index (χ1) is 12.3. The van der Waals surface area contributed by atoms with Crippen LogP contribution in [0.1, 0.15) is 33.6 Å². The standard InChI is InChI=1S/C16H33F2N5O2S.HI/c1-4-19-16(20-9-12-26(24,25)23(5-2)6-3)21-14-7-10-22(11-8-14)13-15(17)18;/h14-15H,4-13H2,1-3H3,(H2,19,20,21);1H. The van der Waals surface area contributed by atoms with Gasteiger partial charge in [-0.05, 0) is 19.8 Å². The van der Waals surface area contributed by atoms with Gasteiger partial charge in [-0.3, -0.25) is 9.89 Å². The highest BCUT2D eigenvalue weighted by molar-refractivity contribution is 14.0. The molecule has 2 N–H and O–H groups in total. The van der Waals surface area contributed by atoms with Crippen molar-refractivity contribution in [3.8, 4) is 0 Å². The lowest BCUT2D eigenvalue weighted by atomic mass is 10.1. The van der Waals surface area contributed by atoms with Gasteiger partial charge in [-0.1, -0.05) is 13.8 Å². The monoisotopic (exact) mass is 525 g/mol. The normalized spacial score (nSPS) is 17.2. The fourth-order valence-corrected chi connectivity index (χ4v) is 4.35. The summed E-state index contributed by atoms with van der Waals surface area (Å²) in [6.45, 7) is 8.40. The Morgan fingerprint density at radius 2 is 1.81 bits per heavy atom. The predicted molar refractivity (Wildman–Crippen MR) is 117 cm³/mol. The Morgan fingerprint density at radius 1 is 1.22 bits per heavy atom. The largest absolute Gasteiger partial charge is 0.357 e. The van der Waals surface area contributed by atoms with Crippen molar-refractivity contribution in [1.82, 2.24) is 19.8 Å². The van der Waals surface area contributed by atoms with Crippen LogP contribution in [-0.2, 0) is 10.0 Å². The summed E-state index contributed by atoms with van der Waals surface area (Å²) in [5, 5.41) is 6.40. The van der Waals surface area contributed by atoms with E-state index in [0.717, 1.165) is 12.8 Å². The Hall–Kier alpha value is -0.270. The summed E-state index contributed by atoms with van der Waals surface area (Å²) in [6, 6.07) is 0.154. The van der Waals surface area contributed by atoms with Crippen molar-refractivity contribution in [2.24, 2.45) is 4.99 Å². The molecule has 1 aliphatic rings. The van der Waals surface area contributed by atoms with E-state index in [1.54, 1.807) is 4.90 Å². The van der Waals surface area contributed by atoms with Crippen molar-refractivity contribution in [2.45, 2.75) is 46.1 Å². The SMILES string of the molecule is CCNC(=NCCS(=O)(=O)N(CC)CC)NC1CCN(CC(F)F)CC1.I. The molecule has 1 saturated heterocycles. The Bertz CT molecular complexity index is 525. The first kappa shape index (κ1) is 26.7. The molecule has 0 atom stereocenters. The second-order valence-corrected chi connectivity index (χ2v) is 8.36. The number of rotatable bonds is 10. The lowest BCUT2D eigenvalue weighted by Gasteiger charge is -2.32. The molecule has 0 aliphatic carbocycles. The molecule has 0 amide bonds. The maximum atomic E-state index is 12.4. The van der Waals surface area contributed by atoms with E-state index in [0.29, 0.717) is 38.7 Å². The summed E-state index contributed by atoms with van der Waals surface area (Å²) in [6.07, 6.45) is -0.782. The summed E-state index contributed by atoms with van der Waals surface area (Å²) in [5.74, 6) is 0.549. The molecule has 0 spiro atoms. The Labute approximate surface area is 179 Å². The van der Waals surface area contributed by atoms with E-state index in [1.165, 1.54) is 4.31 Å². The van der Waals surface area contributed by atoms with Gasteiger partial charge < -0.3 is 10.6 Å². The minimum absolute atomic E-state index is 0. The van der Waals surface area contributed by atoms with Crippen molar-refractivity contribution in [2.75, 3.05) is 51.6 Å². The second kappa shape index (κ2) is 13.8. The summed E-state index contributed by atoms with van der Waals surface area (Å²) in [7, 11) is -3.29. The zero-order chi connectivity index (χ0) is 19.6. The van der Waals surface area contributed by atoms with Crippen molar-refractivity contribution >= 4 is 40.0 Å². The van der Waals surface area contributed by atoms with E-state index < -0.39 is 16.4 Å². The van der Waals surface area contributed by atoms with Gasteiger partial charge in [0.15, 0.2) is 5.96 Å². The number of halogens is 3. The van der Waals surface area contributed by atoms with Crippen LogP contribution >= 0.6 is 24.0 Å². The number of piperidine rings is 1. The summed E-state index contributed by atoms with van der Waals surface area (Å²) < 4.78 is 50.7. The predicted octanol–water partition coefficient (Wildman–Crippen LogP) is 1.56. The second-order valence-electron chi connectivity index (χ2n) is 6.27. The van der Waals surface area contributed by atoms with Crippen molar-refractivity contribution < 1.29 is 17.2 Å². The number of alkyl halides is 2. The molecule has 0 saturated carbocycles. The number of guanidine groups is 1. The molecule has 1 aliphatic heterocycles. The minimum atomic E-state index is -3.29. The third-order valence-corrected chi connectivity index (χ3v) is 6.39. The summed E-state index contributed by atoms with van der Waals surface area (Å²) in [5.41, 5.74) is 0. The fraction of sp³-hybridized carbons (Fsp3) is 0.938. The van der Waals surface area contributed by atoms with Gasteiger partial charge in [0.25, 0.3) is 6.43 Å². The van der Waals surface area contributed by atoms with Crippen LogP contribution in [0.25, 0.3) is 0 Å². The molecule has 1 heterocycles. The smallest absolute Gasteiger partial charge is 0.251 e. The Morgan fingerprint density at radius 3 is 2.30 bits per heavy atom. The molecular formula is C16H34F2IN5O2S. The van der Waals surface area contributed by atoms with Crippen LogP contribution < -0.4 is 10.6 Å². The molecule has 27 heavy (non-hydrogen) atoms. The van der Waals surface area contributed by atoms with E-state index >= 15 is 0 Å². The van der Waals surface area contributed by atoms with Crippen LogP contribution in [0.5, 0.6) is 0 Å². The number of sulfonamides is 1. The summed E-state index contributed by atoms with van der Waals surface area (Å²) >= 11 is 0. The molecule has 162 valence electrons. The summed E-state index contributed by atoms with van der Waals surface area (Å²) in [4.78, 5) is 6.13. The zero-order valence-electron chi connectivity index (χ0n) is 16.5. The number of hydrogen-bond donors (Lipinski definition) is 2. The molecule has 0 bridgehead atoms. The van der Waals surface area contributed by atoms with Crippen LogP contribution in [0.3, 0.4) is 0 Å². The Kier molecular flexibility index (Phi) is 13.7. The quantitative estimate of drug-likeness (QED) is 0.257. The lowest BCUT2D eigenvalue weighted by Crippen LogP contribution is -2.49. The molecule has 0 aromatic heterocycles. The number of likely N-dealkylation sites (tertiary alicyclic amines) is 1. The molecule has 1 rings (SSSR count). The van der Waals surface area contributed by atoms with Gasteiger partial charge in [-0.25, -0.2) is 21.5 Å². The molecular weight excluding hydrogens is 491 g/mol. The van der Waals surface area contributed by atoms with Gasteiger partial charge in [0.1, 0.15) is 0 Å². The van der Waals surface area contributed by atoms with E-state index in [4.69, 9.17) is 0 Å². The van der Waals surface area contributed by atoms with E-state index in [9.17, 15) is 17.2 Å². The van der Waals surface area contributed by atoms with Crippen molar-refractivity contribution in [1.29, 1.82) is 0 Å². The highest BCUT2D eigenvalue weighted by Crippen LogP contribution is 2.11. The molecule has 0 aromatic carbocycles. The molecule has 1 fully saturated rings. The van der Waals surface area contributed by atoms with Crippen LogP contribution in [0, 0.1) is 0 Å². The average Bonchev–Trinajstić information content (AvgIpc) is 2.57. The van der Waals surface area contributed by atoms with Gasteiger partial charge in [0, 0.05) is 38.8 Å². The third kappa shape index (κ3) is 10.2. The first-order valence-electron chi connectivity index (χ1n) is 9.35. The molecule has 0 unspecified atom stereocenters. The minimum Gasteiger partial charge on any atom is -0.357 e. The van der Waals surface area contributed by atoms with E-state index in [-0.39, 0.29) is 48.9 Å². The molecule has 7 nitrogen and oxygen atoms in total. The zero-order valence-corrected chi connectivity index (χ0v) is 19.6. The maximum absolute atomic E-state index is 12.4. The average molecular weight is 525 g/mol. The molecule has 0 radical (unpaired) electrons. The third-order valence-electron chi connectivity index (χ3n) is 4.39. The number of nitrogens with one attached hydrogen (secondary N) is 2. The van der Waals surface area contributed by atoms with Crippen LogP contribution in [0.2, 0.25) is 0 Å². The number of aliphatic imine (C=N–C) groups is 1. The number of nitrogens with zero attached hydrogens (tertiary/aromatic N) is 3. The van der Waals surface area contributed by atoms with Gasteiger partial charge in [-0.2, -0.15) is 0 Å². The Balaban J connectivity index is 0.00000676. The fourth-order valence-electron chi connectivity index (χ4n) is 2.99. The topological polar surface area (TPSA) is 77.0 Å². The van der Waals surface area contributed by atoms with Gasteiger partial charge >= 0.3 is 0 Å². The lowest BCUT2D eigenvalue weighted by molar-refractivity contribution is 0.0744. The van der Waals surface area contributed by atoms with Crippen LogP contribution in [0.15, 0.2) is 4.99 Å². The van der Waals surface area contributed by atoms with E-state index in [1.807, 2.05) is 20.8 Å². The van der Waals surface area contributed by atoms with Gasteiger partial charge in [0.05, 0.1) is 18.8 Å². The highest BCUT2D eigenvalue weighted by Gasteiger charge is 2.22. The maximum Gasteiger partial charge on any atom is 0.251 e. The van der Waals surface area contributed by atoms with Gasteiger partial charge in [-0.15, -0.1) is 24.0 Å². The molecule has 0 aromatic rings. The van der Waals surface area contributed by atoms with E-state index in [2.05, 4.69) is 15.6 Å².